The third-order valence-corrected chi connectivity index (χ3v) is 3.10. The fourth-order valence-electron chi connectivity index (χ4n) is 2.09. The number of hydrogen-bond acceptors (Lipinski definition) is 1. The molecule has 1 aromatic rings. The van der Waals surface area contributed by atoms with Gasteiger partial charge in [-0.1, -0.05) is 41.5 Å². The summed E-state index contributed by atoms with van der Waals surface area (Å²) in [4.78, 5) is 0. The molecule has 15 heavy (non-hydrogen) atoms. The average Bonchev–Trinajstić information content (AvgIpc) is 2.51. The summed E-state index contributed by atoms with van der Waals surface area (Å²) in [7, 11) is 0. The van der Waals surface area contributed by atoms with Crippen LogP contribution in [0.5, 0.6) is 0 Å². The topological polar surface area (TPSA) is 13.1 Å². The molecule has 86 valence electrons. The Morgan fingerprint density at radius 3 is 2.20 bits per heavy atom. The lowest BCUT2D eigenvalue weighted by Gasteiger charge is -2.27. The minimum absolute atomic E-state index is 0.279. The van der Waals surface area contributed by atoms with Crippen molar-refractivity contribution in [1.82, 2.24) is 0 Å². The molecule has 0 amide bonds. The van der Waals surface area contributed by atoms with Gasteiger partial charge in [0, 0.05) is 5.92 Å². The Morgan fingerprint density at radius 2 is 1.87 bits per heavy atom. The van der Waals surface area contributed by atoms with Gasteiger partial charge in [0.15, 0.2) is 0 Å². The van der Waals surface area contributed by atoms with Crippen LogP contribution in [0.3, 0.4) is 0 Å². The molecule has 0 saturated carbocycles. The standard InChI is InChI=1S/C14H24O/c1-7-12(14(4,5)6)13-8-11(9-15-13)10(2)3/h8-10,12H,7H2,1-6H3/t12-/m1/s1. The fourth-order valence-corrected chi connectivity index (χ4v) is 2.09. The first-order valence-electron chi connectivity index (χ1n) is 5.94. The smallest absolute Gasteiger partial charge is 0.107 e. The van der Waals surface area contributed by atoms with Crippen LogP contribution in [0.25, 0.3) is 0 Å². The van der Waals surface area contributed by atoms with Crippen LogP contribution < -0.4 is 0 Å². The summed E-state index contributed by atoms with van der Waals surface area (Å²) in [6.07, 6.45) is 3.04. The highest BCUT2D eigenvalue weighted by molar-refractivity contribution is 5.20. The lowest BCUT2D eigenvalue weighted by molar-refractivity contribution is 0.272. The van der Waals surface area contributed by atoms with Gasteiger partial charge in [-0.3, -0.25) is 0 Å². The van der Waals surface area contributed by atoms with Gasteiger partial charge >= 0.3 is 0 Å². The highest BCUT2D eigenvalue weighted by atomic mass is 16.3. The van der Waals surface area contributed by atoms with E-state index in [4.69, 9.17) is 4.42 Å². The molecule has 0 bridgehead atoms. The predicted octanol–water partition coefficient (Wildman–Crippen LogP) is 4.94. The van der Waals surface area contributed by atoms with E-state index < -0.39 is 0 Å². The molecule has 0 fully saturated rings. The largest absolute Gasteiger partial charge is 0.469 e. The first kappa shape index (κ1) is 12.4. The minimum Gasteiger partial charge on any atom is -0.469 e. The second-order valence-corrected chi connectivity index (χ2v) is 5.76. The van der Waals surface area contributed by atoms with Crippen LogP contribution in [0.1, 0.15) is 71.1 Å². The summed E-state index contributed by atoms with van der Waals surface area (Å²) in [5, 5.41) is 0. The lowest BCUT2D eigenvalue weighted by Crippen LogP contribution is -2.17. The van der Waals surface area contributed by atoms with Crippen LogP contribution in [0.4, 0.5) is 0 Å². The molecular formula is C14H24O. The van der Waals surface area contributed by atoms with Gasteiger partial charge in [-0.25, -0.2) is 0 Å². The first-order chi connectivity index (χ1) is 6.86. The lowest BCUT2D eigenvalue weighted by atomic mass is 9.77. The molecule has 0 N–H and O–H groups in total. The van der Waals surface area contributed by atoms with E-state index >= 15 is 0 Å². The van der Waals surface area contributed by atoms with Gasteiger partial charge < -0.3 is 4.42 Å². The van der Waals surface area contributed by atoms with Gasteiger partial charge in [-0.15, -0.1) is 0 Å². The van der Waals surface area contributed by atoms with E-state index in [9.17, 15) is 0 Å². The Kier molecular flexibility index (Phi) is 3.64. The number of rotatable bonds is 3. The molecule has 1 atom stereocenters. The van der Waals surface area contributed by atoms with Crippen molar-refractivity contribution >= 4 is 0 Å². The minimum atomic E-state index is 0.279. The number of hydrogen-bond donors (Lipinski definition) is 0. The van der Waals surface area contributed by atoms with Gasteiger partial charge in [-0.2, -0.15) is 0 Å². The van der Waals surface area contributed by atoms with E-state index in [1.807, 2.05) is 6.26 Å². The third-order valence-electron chi connectivity index (χ3n) is 3.10. The average molecular weight is 208 g/mol. The molecule has 0 saturated heterocycles. The Bertz CT molecular complexity index is 301. The molecule has 1 rings (SSSR count). The van der Waals surface area contributed by atoms with Crippen LogP contribution in [0, 0.1) is 5.41 Å². The van der Waals surface area contributed by atoms with E-state index in [2.05, 4.69) is 47.6 Å². The first-order valence-corrected chi connectivity index (χ1v) is 5.94. The van der Waals surface area contributed by atoms with Crippen molar-refractivity contribution in [2.75, 3.05) is 0 Å². The fraction of sp³-hybridized carbons (Fsp3) is 0.714. The van der Waals surface area contributed by atoms with Crippen LogP contribution in [-0.2, 0) is 0 Å². The monoisotopic (exact) mass is 208 g/mol. The molecule has 0 aliphatic rings. The summed E-state index contributed by atoms with van der Waals surface area (Å²) >= 11 is 0. The highest BCUT2D eigenvalue weighted by Gasteiger charge is 2.27. The van der Waals surface area contributed by atoms with Gasteiger partial charge in [0.25, 0.3) is 0 Å². The van der Waals surface area contributed by atoms with Crippen molar-refractivity contribution in [3.63, 3.8) is 0 Å². The molecule has 1 aromatic heterocycles. The van der Waals surface area contributed by atoms with Gasteiger partial charge in [0.2, 0.25) is 0 Å². The van der Waals surface area contributed by atoms with E-state index in [0.717, 1.165) is 12.2 Å². The molecule has 0 aliphatic heterocycles. The Hall–Kier alpha value is -0.720. The molecule has 1 nitrogen and oxygen atoms in total. The zero-order valence-corrected chi connectivity index (χ0v) is 10.9. The SMILES string of the molecule is CC[C@H](c1cc(C(C)C)co1)C(C)(C)C. The van der Waals surface area contributed by atoms with Crippen molar-refractivity contribution in [2.45, 2.75) is 59.8 Å². The van der Waals surface area contributed by atoms with Crippen molar-refractivity contribution in [2.24, 2.45) is 5.41 Å². The van der Waals surface area contributed by atoms with Gasteiger partial charge in [0.1, 0.15) is 5.76 Å². The molecule has 0 aromatic carbocycles. The maximum absolute atomic E-state index is 5.71. The maximum atomic E-state index is 5.71. The van der Waals surface area contributed by atoms with E-state index in [-0.39, 0.29) is 5.41 Å². The van der Waals surface area contributed by atoms with Gasteiger partial charge in [0.05, 0.1) is 6.26 Å². The summed E-state index contributed by atoms with van der Waals surface area (Å²) in [6.45, 7) is 13.5. The van der Waals surface area contributed by atoms with Crippen molar-refractivity contribution in [1.29, 1.82) is 0 Å². The summed E-state index contributed by atoms with van der Waals surface area (Å²) in [5.41, 5.74) is 1.59. The van der Waals surface area contributed by atoms with Crippen LogP contribution in [0.2, 0.25) is 0 Å². The summed E-state index contributed by atoms with van der Waals surface area (Å²) in [5.74, 6) is 2.22. The van der Waals surface area contributed by atoms with E-state index in [0.29, 0.717) is 11.8 Å². The van der Waals surface area contributed by atoms with Crippen molar-refractivity contribution in [3.05, 3.63) is 23.7 Å². The van der Waals surface area contributed by atoms with Crippen LogP contribution >= 0.6 is 0 Å². The van der Waals surface area contributed by atoms with Crippen LogP contribution in [0.15, 0.2) is 16.7 Å². The van der Waals surface area contributed by atoms with E-state index in [1.165, 1.54) is 5.56 Å². The summed E-state index contributed by atoms with van der Waals surface area (Å²) < 4.78 is 5.71. The molecule has 0 radical (unpaired) electrons. The van der Waals surface area contributed by atoms with E-state index in [1.54, 1.807) is 0 Å². The predicted molar refractivity (Wildman–Crippen MR) is 65.3 cm³/mol. The normalized spacial score (nSPS) is 14.6. The molecule has 0 spiro atoms. The highest BCUT2D eigenvalue weighted by Crippen LogP contribution is 2.38. The zero-order valence-electron chi connectivity index (χ0n) is 10.9. The molecular weight excluding hydrogens is 184 g/mol. The quantitative estimate of drug-likeness (QED) is 0.685. The second-order valence-electron chi connectivity index (χ2n) is 5.76. The zero-order chi connectivity index (χ0) is 11.6. The Labute approximate surface area is 93.9 Å². The molecule has 0 aliphatic carbocycles. The van der Waals surface area contributed by atoms with Crippen molar-refractivity contribution in [3.8, 4) is 0 Å². The second kappa shape index (κ2) is 4.42. The van der Waals surface area contributed by atoms with Gasteiger partial charge in [-0.05, 0) is 29.4 Å². The Morgan fingerprint density at radius 1 is 1.27 bits per heavy atom. The molecule has 1 heterocycles. The Balaban J connectivity index is 2.93. The van der Waals surface area contributed by atoms with Crippen LogP contribution in [-0.4, -0.2) is 0 Å². The summed E-state index contributed by atoms with van der Waals surface area (Å²) in [6, 6.07) is 2.23. The van der Waals surface area contributed by atoms with Crippen molar-refractivity contribution < 1.29 is 4.42 Å². The third kappa shape index (κ3) is 2.87. The molecule has 0 unspecified atom stereocenters. The maximum Gasteiger partial charge on any atom is 0.107 e. The number of furan rings is 1. The molecule has 1 heteroatoms.